The summed E-state index contributed by atoms with van der Waals surface area (Å²) in [5, 5.41) is 13.5. The zero-order valence-electron chi connectivity index (χ0n) is 27.4. The van der Waals surface area contributed by atoms with Crippen molar-refractivity contribution in [2.45, 2.75) is 88.8 Å². The van der Waals surface area contributed by atoms with E-state index in [1.165, 1.54) is 0 Å². The predicted octanol–water partition coefficient (Wildman–Crippen LogP) is 8.63. The van der Waals surface area contributed by atoms with Crippen LogP contribution in [-0.2, 0) is 10.3 Å². The number of thioether (sulfide) groups is 1. The molecule has 0 radical (unpaired) electrons. The van der Waals surface area contributed by atoms with Crippen LogP contribution in [0.2, 0.25) is 5.02 Å². The van der Waals surface area contributed by atoms with Crippen LogP contribution in [0.3, 0.4) is 0 Å². The van der Waals surface area contributed by atoms with Gasteiger partial charge in [0.15, 0.2) is 5.78 Å². The minimum atomic E-state index is -1.02. The Morgan fingerprint density at radius 2 is 1.70 bits per heavy atom. The second-order valence-electron chi connectivity index (χ2n) is 16.9. The number of aliphatic hydroxyl groups is 1. The molecule has 0 unspecified atom stereocenters. The number of nitrogens with zero attached hydrogens (tertiary/aromatic N) is 1. The van der Waals surface area contributed by atoms with Crippen LogP contribution in [0.25, 0.3) is 10.8 Å². The van der Waals surface area contributed by atoms with Gasteiger partial charge in [-0.05, 0) is 114 Å². The highest BCUT2D eigenvalue weighted by Crippen LogP contribution is 2.78. The molecule has 47 heavy (non-hydrogen) atoms. The average Bonchev–Trinajstić information content (AvgIpc) is 3.77. The topological polar surface area (TPSA) is 57.6 Å². The van der Waals surface area contributed by atoms with E-state index in [1.54, 1.807) is 0 Å². The van der Waals surface area contributed by atoms with E-state index < -0.39 is 16.4 Å². The Morgan fingerprint density at radius 3 is 2.51 bits per heavy atom. The van der Waals surface area contributed by atoms with Gasteiger partial charge in [0, 0.05) is 39.6 Å². The fourth-order valence-electron chi connectivity index (χ4n) is 13.7. The number of fused-ring (bicyclic) bond motifs is 9. The number of hydrogen-bond acceptors (Lipinski definition) is 5. The van der Waals surface area contributed by atoms with Crippen molar-refractivity contribution in [1.82, 2.24) is 4.90 Å². The van der Waals surface area contributed by atoms with Gasteiger partial charge in [-0.2, -0.15) is 0 Å². The van der Waals surface area contributed by atoms with E-state index in [2.05, 4.69) is 55.1 Å². The van der Waals surface area contributed by atoms with Crippen molar-refractivity contribution in [1.29, 1.82) is 0 Å². The second kappa shape index (κ2) is 9.74. The first kappa shape index (κ1) is 29.7. The van der Waals surface area contributed by atoms with Crippen molar-refractivity contribution in [2.24, 2.45) is 39.9 Å². The summed E-state index contributed by atoms with van der Waals surface area (Å²) in [6, 6.07) is 21.0. The quantitative estimate of drug-likeness (QED) is 0.282. The Morgan fingerprint density at radius 1 is 0.915 bits per heavy atom. The highest BCUT2D eigenvalue weighted by Gasteiger charge is 2.82. The minimum absolute atomic E-state index is 0.0891. The van der Waals surface area contributed by atoms with Crippen LogP contribution in [0.15, 0.2) is 60.7 Å². The number of rotatable bonds is 1. The van der Waals surface area contributed by atoms with Crippen molar-refractivity contribution in [3.8, 4) is 0 Å². The van der Waals surface area contributed by atoms with Crippen LogP contribution in [-0.4, -0.2) is 45.3 Å². The fraction of sp³-hybridized carbons (Fsp3) is 0.561. The summed E-state index contributed by atoms with van der Waals surface area (Å²) in [5.74, 6) is 3.94. The lowest BCUT2D eigenvalue weighted by molar-refractivity contribution is -0.146. The Kier molecular flexibility index (Phi) is 6.16. The molecule has 2 heterocycles. The SMILES string of the molecule is C[C@]12CC[C@H](O)C[C@@H]1CC[C@@H]1[C@@H]2CC[C@]2(C)C(=O)[C@]3(C[C@@H]12)[C@@H](c1ccc(Cl)cc1)[C@@H]1CSCN1[C@@]31C(=O)c2cccc3cccc1c23. The van der Waals surface area contributed by atoms with Crippen LogP contribution in [0, 0.1) is 39.9 Å². The molecule has 2 aliphatic heterocycles. The van der Waals surface area contributed by atoms with Crippen LogP contribution in [0.4, 0.5) is 0 Å². The third-order valence-electron chi connectivity index (χ3n) is 15.5. The van der Waals surface area contributed by atoms with Crippen molar-refractivity contribution in [3.63, 3.8) is 0 Å². The number of hydrogen-bond donors (Lipinski definition) is 1. The van der Waals surface area contributed by atoms with Crippen molar-refractivity contribution < 1.29 is 14.7 Å². The highest BCUT2D eigenvalue weighted by atomic mass is 35.5. The minimum Gasteiger partial charge on any atom is -0.393 e. The van der Waals surface area contributed by atoms with E-state index in [9.17, 15) is 5.11 Å². The van der Waals surface area contributed by atoms with Gasteiger partial charge in [0.1, 0.15) is 11.3 Å². The number of aliphatic hydroxyl groups excluding tert-OH is 1. The predicted molar refractivity (Wildman–Crippen MR) is 188 cm³/mol. The molecule has 2 saturated heterocycles. The average molecular weight is 666 g/mol. The van der Waals surface area contributed by atoms with Gasteiger partial charge in [0.25, 0.3) is 0 Å². The molecule has 10 rings (SSSR count). The molecule has 6 heteroatoms. The summed E-state index contributed by atoms with van der Waals surface area (Å²) in [6.45, 7) is 4.83. The van der Waals surface area contributed by atoms with Gasteiger partial charge in [0.05, 0.1) is 11.5 Å². The third kappa shape index (κ3) is 3.37. The van der Waals surface area contributed by atoms with Gasteiger partial charge in [-0.1, -0.05) is 74.0 Å². The molecule has 4 nitrogen and oxygen atoms in total. The summed E-state index contributed by atoms with van der Waals surface area (Å²) in [6.07, 6.45) is 7.77. The summed E-state index contributed by atoms with van der Waals surface area (Å²) < 4.78 is 0. The molecular formula is C41H44ClNO3S. The maximum Gasteiger partial charge on any atom is 0.189 e. The van der Waals surface area contributed by atoms with E-state index in [1.807, 2.05) is 36.0 Å². The number of halogens is 1. The van der Waals surface area contributed by atoms with Gasteiger partial charge < -0.3 is 5.11 Å². The molecule has 7 aliphatic rings. The van der Waals surface area contributed by atoms with Gasteiger partial charge in [-0.25, -0.2) is 0 Å². The van der Waals surface area contributed by atoms with E-state index in [0.717, 1.165) is 90.5 Å². The van der Waals surface area contributed by atoms with Crippen LogP contribution < -0.4 is 0 Å². The number of carbonyl (C=O) groups is 2. The lowest BCUT2D eigenvalue weighted by atomic mass is 9.45. The number of benzene rings is 3. The van der Waals surface area contributed by atoms with Crippen molar-refractivity contribution >= 4 is 45.7 Å². The first-order valence-corrected chi connectivity index (χ1v) is 19.6. The zero-order valence-corrected chi connectivity index (χ0v) is 29.0. The summed E-state index contributed by atoms with van der Waals surface area (Å²) in [4.78, 5) is 34.3. The largest absolute Gasteiger partial charge is 0.393 e. The van der Waals surface area contributed by atoms with E-state index in [-0.39, 0.29) is 35.2 Å². The molecule has 11 atom stereocenters. The number of Topliss-reactive ketones (excluding diaryl/α,β-unsaturated/α-hetero) is 2. The molecule has 0 bridgehead atoms. The standard InChI is InChI=1S/C41H44ClNO3S/c1-38-17-15-27(44)19-25(38)11-14-28-30(38)16-18-39(2)32(28)20-40(37(39)46)35(24-9-12-26(42)13-10-24)33-21-47-22-43(33)41(40)31-8-4-6-23-5-3-7-29(34(23)31)36(41)45/h3-10,12-13,25,27-28,30,32-33,35,44H,11,14-22H2,1-2H3/t25-,27-,28+,30-,32-,33-,35-,38-,39-,40-,41-/m0/s1. The molecule has 3 aromatic rings. The van der Waals surface area contributed by atoms with Gasteiger partial charge in [0.2, 0.25) is 0 Å². The smallest absolute Gasteiger partial charge is 0.189 e. The lowest BCUT2D eigenvalue weighted by Crippen LogP contribution is -2.58. The molecule has 4 saturated carbocycles. The van der Waals surface area contributed by atoms with Crippen molar-refractivity contribution in [2.75, 3.05) is 11.6 Å². The first-order chi connectivity index (χ1) is 22.7. The monoisotopic (exact) mass is 665 g/mol. The lowest BCUT2D eigenvalue weighted by Gasteiger charge is -2.60. The molecule has 5 aliphatic carbocycles. The van der Waals surface area contributed by atoms with E-state index in [4.69, 9.17) is 11.6 Å². The molecule has 6 fully saturated rings. The van der Waals surface area contributed by atoms with Gasteiger partial charge in [-0.3, -0.25) is 14.5 Å². The molecule has 0 amide bonds. The summed E-state index contributed by atoms with van der Waals surface area (Å²) >= 11 is 8.41. The Labute approximate surface area is 287 Å². The molecule has 2 spiro atoms. The Hall–Kier alpha value is -2.18. The van der Waals surface area contributed by atoms with Gasteiger partial charge >= 0.3 is 0 Å². The van der Waals surface area contributed by atoms with Crippen LogP contribution in [0.5, 0.6) is 0 Å². The third-order valence-corrected chi connectivity index (χ3v) is 16.8. The van der Waals surface area contributed by atoms with Crippen LogP contribution >= 0.6 is 23.4 Å². The molecule has 0 aromatic heterocycles. The second-order valence-corrected chi connectivity index (χ2v) is 18.3. The maximum absolute atomic E-state index is 16.2. The normalized spacial score (nSPS) is 45.1. The Balaban J connectivity index is 1.21. The highest BCUT2D eigenvalue weighted by molar-refractivity contribution is 7.99. The Bertz CT molecular complexity index is 1860. The molecule has 3 aromatic carbocycles. The fourth-order valence-corrected chi connectivity index (χ4v) is 15.1. The van der Waals surface area contributed by atoms with E-state index in [0.29, 0.717) is 28.6 Å². The van der Waals surface area contributed by atoms with Gasteiger partial charge in [-0.15, -0.1) is 11.8 Å². The summed E-state index contributed by atoms with van der Waals surface area (Å²) in [5.41, 5.74) is 0.888. The number of ketones is 2. The number of carbonyl (C=O) groups excluding carboxylic acids is 2. The van der Waals surface area contributed by atoms with Crippen LogP contribution in [0.1, 0.15) is 92.6 Å². The summed E-state index contributed by atoms with van der Waals surface area (Å²) in [7, 11) is 0. The molecule has 244 valence electrons. The van der Waals surface area contributed by atoms with Crippen molar-refractivity contribution in [3.05, 3.63) is 82.4 Å². The molecular weight excluding hydrogens is 622 g/mol. The maximum atomic E-state index is 16.2. The zero-order chi connectivity index (χ0) is 32.1. The van der Waals surface area contributed by atoms with E-state index >= 15 is 9.59 Å². The first-order valence-electron chi connectivity index (χ1n) is 18.1. The molecule has 1 N–H and O–H groups in total.